The summed E-state index contributed by atoms with van der Waals surface area (Å²) in [6.07, 6.45) is 0. The minimum atomic E-state index is -3.66. The second-order valence-corrected chi connectivity index (χ2v) is 9.71. The van der Waals surface area contributed by atoms with Crippen molar-refractivity contribution in [3.63, 3.8) is 0 Å². The maximum absolute atomic E-state index is 13.5. The number of rotatable bonds is 7. The molecule has 0 aliphatic carbocycles. The Bertz CT molecular complexity index is 981. The molecule has 0 aromatic heterocycles. The van der Waals surface area contributed by atoms with E-state index in [0.717, 1.165) is 22.6 Å². The quantitative estimate of drug-likeness (QED) is 0.661. The first kappa shape index (κ1) is 22.4. The first-order valence-electron chi connectivity index (χ1n) is 10.4. The number of anilines is 1. The number of hydrogen-bond acceptors (Lipinski definition) is 5. The van der Waals surface area contributed by atoms with Gasteiger partial charge in [0.1, 0.15) is 16.4 Å². The molecule has 0 radical (unpaired) electrons. The smallest absolute Gasteiger partial charge is 0.246 e. The van der Waals surface area contributed by atoms with Gasteiger partial charge in [0.15, 0.2) is 0 Å². The Kier molecular flexibility index (Phi) is 6.93. The van der Waals surface area contributed by atoms with Crippen molar-refractivity contribution < 1.29 is 17.9 Å². The van der Waals surface area contributed by atoms with Gasteiger partial charge in [-0.2, -0.15) is 4.31 Å². The monoisotopic (exact) mass is 432 g/mol. The predicted molar refractivity (Wildman–Crippen MR) is 120 cm³/mol. The summed E-state index contributed by atoms with van der Waals surface area (Å²) in [5.74, 6) is 1.47. The van der Waals surface area contributed by atoms with Crippen LogP contribution < -0.4 is 14.4 Å². The van der Waals surface area contributed by atoms with Gasteiger partial charge in [0.25, 0.3) is 0 Å². The number of piperazine rings is 1. The zero-order chi connectivity index (χ0) is 21.9. The molecular weight excluding hydrogens is 400 g/mol. The summed E-state index contributed by atoms with van der Waals surface area (Å²) in [6.45, 7) is 10.5. The van der Waals surface area contributed by atoms with E-state index in [2.05, 4.69) is 18.7 Å². The molecule has 1 heterocycles. The lowest BCUT2D eigenvalue weighted by molar-refractivity contribution is 0.327. The van der Waals surface area contributed by atoms with Crippen LogP contribution in [0.1, 0.15) is 37.8 Å². The summed E-state index contributed by atoms with van der Waals surface area (Å²) in [5, 5.41) is 0. The third-order valence-corrected chi connectivity index (χ3v) is 7.46. The van der Waals surface area contributed by atoms with E-state index >= 15 is 0 Å². The molecule has 164 valence electrons. The number of benzene rings is 2. The average molecular weight is 433 g/mol. The molecule has 0 saturated carbocycles. The maximum atomic E-state index is 13.5. The molecule has 0 atom stereocenters. The molecule has 0 spiro atoms. The Morgan fingerprint density at radius 3 is 2.30 bits per heavy atom. The molecule has 30 heavy (non-hydrogen) atoms. The largest absolute Gasteiger partial charge is 0.495 e. The van der Waals surface area contributed by atoms with Crippen LogP contribution in [0.25, 0.3) is 0 Å². The van der Waals surface area contributed by atoms with Crippen molar-refractivity contribution in [2.75, 3.05) is 44.8 Å². The van der Waals surface area contributed by atoms with Gasteiger partial charge in [-0.3, -0.25) is 0 Å². The lowest BCUT2D eigenvalue weighted by Gasteiger charge is -2.36. The molecule has 0 amide bonds. The molecule has 1 fully saturated rings. The third kappa shape index (κ3) is 4.42. The standard InChI is InChI=1S/C23H32N2O4S/c1-6-29-22-15-18(4)19(17(2)3)16-23(22)30(26,27)25-13-11-24(12-14-25)20-9-7-8-10-21(20)28-5/h7-10,15-17H,6,11-14H2,1-5H3. The fraction of sp³-hybridized carbons (Fsp3) is 0.478. The minimum Gasteiger partial charge on any atom is -0.495 e. The van der Waals surface area contributed by atoms with E-state index in [4.69, 9.17) is 9.47 Å². The summed E-state index contributed by atoms with van der Waals surface area (Å²) in [4.78, 5) is 2.44. The highest BCUT2D eigenvalue weighted by atomic mass is 32.2. The van der Waals surface area contributed by atoms with Gasteiger partial charge in [-0.15, -0.1) is 0 Å². The lowest BCUT2D eigenvalue weighted by Crippen LogP contribution is -2.48. The third-order valence-electron chi connectivity index (χ3n) is 5.54. The summed E-state index contributed by atoms with van der Waals surface area (Å²) < 4.78 is 39.8. The Hall–Kier alpha value is -2.25. The van der Waals surface area contributed by atoms with Crippen LogP contribution in [-0.4, -0.2) is 52.6 Å². The number of hydrogen-bond donors (Lipinski definition) is 0. The molecule has 6 nitrogen and oxygen atoms in total. The number of sulfonamides is 1. The molecule has 2 aromatic carbocycles. The van der Waals surface area contributed by atoms with E-state index in [1.165, 1.54) is 0 Å². The molecule has 3 rings (SSSR count). The van der Waals surface area contributed by atoms with Gasteiger partial charge in [0.05, 0.1) is 19.4 Å². The zero-order valence-electron chi connectivity index (χ0n) is 18.5. The predicted octanol–water partition coefficient (Wildman–Crippen LogP) is 4.04. The van der Waals surface area contributed by atoms with Crippen molar-refractivity contribution >= 4 is 15.7 Å². The van der Waals surface area contributed by atoms with Crippen LogP contribution in [0.5, 0.6) is 11.5 Å². The Morgan fingerprint density at radius 2 is 1.70 bits per heavy atom. The van der Waals surface area contributed by atoms with Crippen molar-refractivity contribution in [2.45, 2.75) is 38.5 Å². The van der Waals surface area contributed by atoms with E-state index in [0.29, 0.717) is 38.5 Å². The molecule has 0 N–H and O–H groups in total. The zero-order valence-corrected chi connectivity index (χ0v) is 19.3. The van der Waals surface area contributed by atoms with Gasteiger partial charge < -0.3 is 14.4 Å². The van der Waals surface area contributed by atoms with Crippen LogP contribution in [0.4, 0.5) is 5.69 Å². The minimum absolute atomic E-state index is 0.233. The highest BCUT2D eigenvalue weighted by Crippen LogP contribution is 2.34. The molecule has 7 heteroatoms. The normalized spacial score (nSPS) is 15.5. The van der Waals surface area contributed by atoms with Crippen molar-refractivity contribution in [1.82, 2.24) is 4.31 Å². The second-order valence-electron chi connectivity index (χ2n) is 7.81. The van der Waals surface area contributed by atoms with Crippen LogP contribution in [0.15, 0.2) is 41.3 Å². The van der Waals surface area contributed by atoms with Gasteiger partial charge in [-0.1, -0.05) is 26.0 Å². The Labute approximate surface area is 180 Å². The number of para-hydroxylation sites is 2. The summed E-state index contributed by atoms with van der Waals surface area (Å²) in [7, 11) is -2.01. The van der Waals surface area contributed by atoms with Gasteiger partial charge in [0.2, 0.25) is 10.0 Å². The van der Waals surface area contributed by atoms with Crippen molar-refractivity contribution in [3.05, 3.63) is 47.5 Å². The van der Waals surface area contributed by atoms with E-state index in [1.807, 2.05) is 44.2 Å². The van der Waals surface area contributed by atoms with Crippen LogP contribution in [0.3, 0.4) is 0 Å². The first-order valence-corrected chi connectivity index (χ1v) is 11.9. The molecule has 0 bridgehead atoms. The molecule has 1 aliphatic rings. The summed E-state index contributed by atoms with van der Waals surface area (Å²) in [6, 6.07) is 11.5. The fourth-order valence-electron chi connectivity index (χ4n) is 3.97. The van der Waals surface area contributed by atoms with Crippen molar-refractivity contribution in [1.29, 1.82) is 0 Å². The Morgan fingerprint density at radius 1 is 1.03 bits per heavy atom. The SMILES string of the molecule is CCOc1cc(C)c(C(C)C)cc1S(=O)(=O)N1CCN(c2ccccc2OC)CC1. The Balaban J connectivity index is 1.87. The van der Waals surface area contributed by atoms with Crippen LogP contribution in [0, 0.1) is 6.92 Å². The molecule has 1 aliphatic heterocycles. The topological polar surface area (TPSA) is 59.1 Å². The number of ether oxygens (including phenoxy) is 2. The number of methoxy groups -OCH3 is 1. The summed E-state index contributed by atoms with van der Waals surface area (Å²) in [5.41, 5.74) is 3.07. The van der Waals surface area contributed by atoms with E-state index in [9.17, 15) is 8.42 Å². The highest BCUT2D eigenvalue weighted by molar-refractivity contribution is 7.89. The molecule has 1 saturated heterocycles. The van der Waals surface area contributed by atoms with E-state index in [-0.39, 0.29) is 10.8 Å². The van der Waals surface area contributed by atoms with Gasteiger partial charge in [-0.25, -0.2) is 8.42 Å². The average Bonchev–Trinajstić information content (AvgIpc) is 2.73. The van der Waals surface area contributed by atoms with Gasteiger partial charge in [0, 0.05) is 26.2 Å². The lowest BCUT2D eigenvalue weighted by atomic mass is 9.98. The molecule has 0 unspecified atom stereocenters. The second kappa shape index (κ2) is 9.27. The van der Waals surface area contributed by atoms with Gasteiger partial charge >= 0.3 is 0 Å². The molecular formula is C23H32N2O4S. The van der Waals surface area contributed by atoms with E-state index < -0.39 is 10.0 Å². The van der Waals surface area contributed by atoms with Crippen molar-refractivity contribution in [3.8, 4) is 11.5 Å². The van der Waals surface area contributed by atoms with Gasteiger partial charge in [-0.05, 0) is 55.2 Å². The van der Waals surface area contributed by atoms with E-state index in [1.54, 1.807) is 17.5 Å². The number of aryl methyl sites for hydroxylation is 1. The molecule has 2 aromatic rings. The van der Waals surface area contributed by atoms with Crippen molar-refractivity contribution in [2.24, 2.45) is 0 Å². The van der Waals surface area contributed by atoms with Crippen LogP contribution in [0.2, 0.25) is 0 Å². The number of nitrogens with zero attached hydrogens (tertiary/aromatic N) is 2. The summed E-state index contributed by atoms with van der Waals surface area (Å²) >= 11 is 0. The first-order chi connectivity index (χ1) is 14.3. The fourth-order valence-corrected chi connectivity index (χ4v) is 5.54. The maximum Gasteiger partial charge on any atom is 0.246 e. The van der Waals surface area contributed by atoms with Crippen LogP contribution >= 0.6 is 0 Å². The van der Waals surface area contributed by atoms with Crippen LogP contribution in [-0.2, 0) is 10.0 Å². The highest BCUT2D eigenvalue weighted by Gasteiger charge is 2.32.